The summed E-state index contributed by atoms with van der Waals surface area (Å²) in [4.78, 5) is 25.7. The van der Waals surface area contributed by atoms with Crippen molar-refractivity contribution >= 4 is 11.8 Å². The van der Waals surface area contributed by atoms with E-state index in [9.17, 15) is 9.59 Å². The SMILES string of the molecule is CCCCCNC(=O)CC(NC(=O)c1cc(-c2c(OC)cccc2OC)n(CC(C)C)n1)C(C)C. The van der Waals surface area contributed by atoms with E-state index in [1.165, 1.54) is 0 Å². The molecule has 0 fully saturated rings. The van der Waals surface area contributed by atoms with Gasteiger partial charge >= 0.3 is 0 Å². The Kier molecular flexibility index (Phi) is 11.1. The minimum Gasteiger partial charge on any atom is -0.496 e. The molecule has 2 rings (SSSR count). The number of carbonyl (C=O) groups excluding carboxylic acids is 2. The molecule has 0 saturated carbocycles. The van der Waals surface area contributed by atoms with Crippen LogP contribution in [0.3, 0.4) is 0 Å². The van der Waals surface area contributed by atoms with Crippen LogP contribution in [-0.4, -0.2) is 48.4 Å². The summed E-state index contributed by atoms with van der Waals surface area (Å²) >= 11 is 0. The van der Waals surface area contributed by atoms with Crippen LogP contribution in [0.25, 0.3) is 11.3 Å². The number of aromatic nitrogens is 2. The van der Waals surface area contributed by atoms with Gasteiger partial charge in [-0.3, -0.25) is 14.3 Å². The Labute approximate surface area is 209 Å². The predicted octanol–water partition coefficient (Wildman–Crippen LogP) is 4.67. The van der Waals surface area contributed by atoms with Crippen LogP contribution in [0.15, 0.2) is 24.3 Å². The lowest BCUT2D eigenvalue weighted by Gasteiger charge is -2.21. The molecule has 2 aromatic rings. The second-order valence-corrected chi connectivity index (χ2v) is 9.61. The van der Waals surface area contributed by atoms with Crippen LogP contribution in [0.2, 0.25) is 0 Å². The zero-order valence-electron chi connectivity index (χ0n) is 22.3. The van der Waals surface area contributed by atoms with Crippen molar-refractivity contribution in [2.75, 3.05) is 20.8 Å². The molecule has 194 valence electrons. The van der Waals surface area contributed by atoms with E-state index in [2.05, 4.69) is 36.5 Å². The second kappa shape index (κ2) is 13.8. The lowest BCUT2D eigenvalue weighted by Crippen LogP contribution is -2.42. The minimum absolute atomic E-state index is 0.0510. The second-order valence-electron chi connectivity index (χ2n) is 9.61. The summed E-state index contributed by atoms with van der Waals surface area (Å²) in [5, 5.41) is 10.6. The number of methoxy groups -OCH3 is 2. The molecule has 8 heteroatoms. The third-order valence-corrected chi connectivity index (χ3v) is 5.86. The number of hydrogen-bond acceptors (Lipinski definition) is 5. The van der Waals surface area contributed by atoms with Gasteiger partial charge in [-0.05, 0) is 36.5 Å². The Morgan fingerprint density at radius 1 is 1.06 bits per heavy atom. The van der Waals surface area contributed by atoms with Gasteiger partial charge in [-0.2, -0.15) is 5.10 Å². The first-order valence-corrected chi connectivity index (χ1v) is 12.6. The number of carbonyl (C=O) groups is 2. The van der Waals surface area contributed by atoms with Crippen molar-refractivity contribution < 1.29 is 19.1 Å². The lowest BCUT2D eigenvalue weighted by atomic mass is 10.00. The number of hydrogen-bond donors (Lipinski definition) is 2. The standard InChI is InChI=1S/C27H42N4O4/c1-8-9-10-14-28-25(32)16-20(19(4)5)29-27(33)21-15-22(31(30-21)17-18(2)3)26-23(34-6)12-11-13-24(26)35-7/h11-13,15,18-20H,8-10,14,16-17H2,1-7H3,(H,28,32)(H,29,33). The fourth-order valence-corrected chi connectivity index (χ4v) is 3.89. The highest BCUT2D eigenvalue weighted by Crippen LogP contribution is 2.38. The molecule has 0 saturated heterocycles. The third kappa shape index (κ3) is 8.01. The number of rotatable bonds is 14. The van der Waals surface area contributed by atoms with E-state index in [-0.39, 0.29) is 30.2 Å². The van der Waals surface area contributed by atoms with Gasteiger partial charge in [0.1, 0.15) is 11.5 Å². The lowest BCUT2D eigenvalue weighted by molar-refractivity contribution is -0.121. The normalized spacial score (nSPS) is 12.0. The zero-order chi connectivity index (χ0) is 26.0. The molecular formula is C27H42N4O4. The minimum atomic E-state index is -0.305. The Morgan fingerprint density at radius 2 is 1.71 bits per heavy atom. The molecule has 0 spiro atoms. The fraction of sp³-hybridized carbons (Fsp3) is 0.593. The van der Waals surface area contributed by atoms with Crippen molar-refractivity contribution in [3.8, 4) is 22.8 Å². The van der Waals surface area contributed by atoms with Crippen molar-refractivity contribution in [3.05, 3.63) is 30.0 Å². The average Bonchev–Trinajstić information content (AvgIpc) is 3.23. The van der Waals surface area contributed by atoms with Crippen LogP contribution in [-0.2, 0) is 11.3 Å². The van der Waals surface area contributed by atoms with Gasteiger partial charge in [0.25, 0.3) is 5.91 Å². The van der Waals surface area contributed by atoms with E-state index in [1.807, 2.05) is 36.7 Å². The van der Waals surface area contributed by atoms with Gasteiger partial charge in [0.2, 0.25) is 5.91 Å². The Balaban J connectivity index is 2.29. The first-order chi connectivity index (χ1) is 16.7. The van der Waals surface area contributed by atoms with E-state index in [1.54, 1.807) is 20.3 Å². The molecule has 0 radical (unpaired) electrons. The molecule has 1 heterocycles. The third-order valence-electron chi connectivity index (χ3n) is 5.86. The molecule has 1 aromatic carbocycles. The Hall–Kier alpha value is -3.03. The largest absolute Gasteiger partial charge is 0.496 e. The van der Waals surface area contributed by atoms with Crippen LogP contribution in [0, 0.1) is 11.8 Å². The molecule has 1 aromatic heterocycles. The van der Waals surface area contributed by atoms with Crippen molar-refractivity contribution in [2.45, 2.75) is 72.9 Å². The Bertz CT molecular complexity index is 946. The molecule has 1 atom stereocenters. The van der Waals surface area contributed by atoms with Crippen LogP contribution >= 0.6 is 0 Å². The van der Waals surface area contributed by atoms with Crippen molar-refractivity contribution in [1.29, 1.82) is 0 Å². The van der Waals surface area contributed by atoms with Crippen LogP contribution < -0.4 is 20.1 Å². The number of nitrogens with zero attached hydrogens (tertiary/aromatic N) is 2. The maximum absolute atomic E-state index is 13.3. The summed E-state index contributed by atoms with van der Waals surface area (Å²) in [7, 11) is 3.21. The molecule has 2 N–H and O–H groups in total. The fourth-order valence-electron chi connectivity index (χ4n) is 3.89. The number of unbranched alkanes of at least 4 members (excludes halogenated alkanes) is 2. The van der Waals surface area contributed by atoms with Crippen LogP contribution in [0.1, 0.15) is 70.8 Å². The highest BCUT2D eigenvalue weighted by atomic mass is 16.5. The van der Waals surface area contributed by atoms with Gasteiger partial charge in [0.05, 0.1) is 25.5 Å². The maximum Gasteiger partial charge on any atom is 0.272 e. The predicted molar refractivity (Wildman–Crippen MR) is 139 cm³/mol. The average molecular weight is 487 g/mol. The highest BCUT2D eigenvalue weighted by Gasteiger charge is 2.25. The van der Waals surface area contributed by atoms with Crippen molar-refractivity contribution in [1.82, 2.24) is 20.4 Å². The van der Waals surface area contributed by atoms with E-state index in [0.717, 1.165) is 30.5 Å². The van der Waals surface area contributed by atoms with Crippen molar-refractivity contribution in [3.63, 3.8) is 0 Å². The van der Waals surface area contributed by atoms with Crippen LogP contribution in [0.5, 0.6) is 11.5 Å². The molecule has 0 aliphatic heterocycles. The van der Waals surface area contributed by atoms with Gasteiger partial charge < -0.3 is 20.1 Å². The summed E-state index contributed by atoms with van der Waals surface area (Å²) in [5.74, 6) is 1.32. The first kappa shape index (κ1) is 28.2. The summed E-state index contributed by atoms with van der Waals surface area (Å²) in [6.45, 7) is 11.6. The van der Waals surface area contributed by atoms with Crippen molar-refractivity contribution in [2.24, 2.45) is 11.8 Å². The molecular weight excluding hydrogens is 444 g/mol. The smallest absolute Gasteiger partial charge is 0.272 e. The summed E-state index contributed by atoms with van der Waals surface area (Å²) in [6, 6.07) is 7.04. The summed E-state index contributed by atoms with van der Waals surface area (Å²) in [5.41, 5.74) is 1.78. The number of ether oxygens (including phenoxy) is 2. The first-order valence-electron chi connectivity index (χ1n) is 12.6. The molecule has 0 bridgehead atoms. The van der Waals surface area contributed by atoms with E-state index in [0.29, 0.717) is 36.2 Å². The topological polar surface area (TPSA) is 94.5 Å². The van der Waals surface area contributed by atoms with E-state index >= 15 is 0 Å². The molecule has 0 aliphatic rings. The molecule has 0 aliphatic carbocycles. The van der Waals surface area contributed by atoms with Gasteiger partial charge in [0, 0.05) is 25.6 Å². The summed E-state index contributed by atoms with van der Waals surface area (Å²) < 4.78 is 13.0. The number of benzene rings is 1. The van der Waals surface area contributed by atoms with Gasteiger partial charge in [-0.1, -0.05) is 53.5 Å². The monoisotopic (exact) mass is 486 g/mol. The zero-order valence-corrected chi connectivity index (χ0v) is 22.3. The van der Waals surface area contributed by atoms with Gasteiger partial charge in [0.15, 0.2) is 5.69 Å². The van der Waals surface area contributed by atoms with Crippen LogP contribution in [0.4, 0.5) is 0 Å². The van der Waals surface area contributed by atoms with E-state index < -0.39 is 0 Å². The maximum atomic E-state index is 13.3. The molecule has 1 unspecified atom stereocenters. The van der Waals surface area contributed by atoms with E-state index in [4.69, 9.17) is 9.47 Å². The van der Waals surface area contributed by atoms with Gasteiger partial charge in [-0.25, -0.2) is 0 Å². The molecule has 2 amide bonds. The molecule has 35 heavy (non-hydrogen) atoms. The number of amides is 2. The summed E-state index contributed by atoms with van der Waals surface area (Å²) in [6.07, 6.45) is 3.38. The number of nitrogens with one attached hydrogen (secondary N) is 2. The highest BCUT2D eigenvalue weighted by molar-refractivity contribution is 5.94. The Morgan fingerprint density at radius 3 is 2.26 bits per heavy atom. The van der Waals surface area contributed by atoms with Gasteiger partial charge in [-0.15, -0.1) is 0 Å². The quantitative estimate of drug-likeness (QED) is 0.378. The molecule has 8 nitrogen and oxygen atoms in total.